The fourth-order valence-electron chi connectivity index (χ4n) is 2.31. The first kappa shape index (κ1) is 25.0. The number of carbonyl (C=O) groups is 2. The minimum atomic E-state index is -5.08. The predicted molar refractivity (Wildman–Crippen MR) is 105 cm³/mol. The molecule has 2 aromatic carbocycles. The maximum absolute atomic E-state index is 11.2. The highest BCUT2D eigenvalue weighted by molar-refractivity contribution is 5.94. The number of nitrogens with two attached hydrogens (primary N) is 1. The molecule has 0 fully saturated rings. The molecule has 2 aromatic rings. The number of alkyl halides is 3. The largest absolute Gasteiger partial charge is 0.494 e. The number of benzene rings is 2. The van der Waals surface area contributed by atoms with Gasteiger partial charge in [0.15, 0.2) is 0 Å². The summed E-state index contributed by atoms with van der Waals surface area (Å²) in [6.07, 6.45) is -1.90. The van der Waals surface area contributed by atoms with E-state index >= 15 is 0 Å². The van der Waals surface area contributed by atoms with E-state index in [0.717, 1.165) is 42.7 Å². The Labute approximate surface area is 172 Å². The second kappa shape index (κ2) is 12.5. The Morgan fingerprint density at radius 3 is 2.10 bits per heavy atom. The molecule has 0 aromatic heterocycles. The number of halogens is 3. The Hall–Kier alpha value is -3.07. The number of unbranched alkanes of at least 4 members (excludes halogenated alkanes) is 2. The van der Waals surface area contributed by atoms with Crippen molar-refractivity contribution in [2.24, 2.45) is 5.73 Å². The van der Waals surface area contributed by atoms with Crippen molar-refractivity contribution >= 4 is 11.9 Å². The molecule has 0 radical (unpaired) electrons. The lowest BCUT2D eigenvalue weighted by Gasteiger charge is -2.08. The highest BCUT2D eigenvalue weighted by Crippen LogP contribution is 2.23. The summed E-state index contributed by atoms with van der Waals surface area (Å²) in [7, 11) is 1.72. The van der Waals surface area contributed by atoms with Crippen molar-refractivity contribution in [1.29, 1.82) is 0 Å². The number of carboxylic acids is 1. The van der Waals surface area contributed by atoms with Crippen LogP contribution < -0.4 is 10.5 Å². The zero-order valence-electron chi connectivity index (χ0n) is 16.4. The van der Waals surface area contributed by atoms with Gasteiger partial charge >= 0.3 is 12.1 Å². The minimum Gasteiger partial charge on any atom is -0.494 e. The van der Waals surface area contributed by atoms with Gasteiger partial charge in [-0.2, -0.15) is 13.2 Å². The molecular weight excluding hydrogens is 403 g/mol. The van der Waals surface area contributed by atoms with Crippen molar-refractivity contribution in [3.05, 3.63) is 54.1 Å². The lowest BCUT2D eigenvalue weighted by atomic mass is 10.0. The first-order chi connectivity index (χ1) is 14.1. The number of aliphatic carboxylic acids is 1. The van der Waals surface area contributed by atoms with Gasteiger partial charge in [-0.05, 0) is 54.7 Å². The van der Waals surface area contributed by atoms with Gasteiger partial charge in [-0.25, -0.2) is 4.79 Å². The van der Waals surface area contributed by atoms with Gasteiger partial charge in [0.2, 0.25) is 5.91 Å². The van der Waals surface area contributed by atoms with Crippen LogP contribution >= 0.6 is 0 Å². The van der Waals surface area contributed by atoms with Crippen LogP contribution in [0.2, 0.25) is 0 Å². The Balaban J connectivity index is 0.000000553. The molecular formula is C21H24F3NO5. The van der Waals surface area contributed by atoms with Crippen LogP contribution in [0.4, 0.5) is 13.2 Å². The monoisotopic (exact) mass is 427 g/mol. The van der Waals surface area contributed by atoms with Gasteiger partial charge in [0.1, 0.15) is 5.75 Å². The number of rotatable bonds is 9. The van der Waals surface area contributed by atoms with Gasteiger partial charge in [-0.15, -0.1) is 0 Å². The SMILES string of the molecule is COCCCCCOc1ccc(-c2cccc(C(N)=O)c2)cc1.O=C(O)C(F)(F)F. The van der Waals surface area contributed by atoms with Crippen molar-refractivity contribution in [3.8, 4) is 16.9 Å². The summed E-state index contributed by atoms with van der Waals surface area (Å²) in [5, 5.41) is 7.12. The van der Waals surface area contributed by atoms with E-state index in [9.17, 15) is 18.0 Å². The molecule has 2 rings (SSSR count). The van der Waals surface area contributed by atoms with Crippen LogP contribution in [0.1, 0.15) is 29.6 Å². The summed E-state index contributed by atoms with van der Waals surface area (Å²) in [5.74, 6) is -2.32. The highest BCUT2D eigenvalue weighted by Gasteiger charge is 2.38. The zero-order valence-corrected chi connectivity index (χ0v) is 16.4. The molecule has 164 valence electrons. The summed E-state index contributed by atoms with van der Waals surface area (Å²) in [6, 6.07) is 15.2. The molecule has 0 bridgehead atoms. The second-order valence-corrected chi connectivity index (χ2v) is 6.17. The summed E-state index contributed by atoms with van der Waals surface area (Å²) in [4.78, 5) is 20.1. The molecule has 6 nitrogen and oxygen atoms in total. The van der Waals surface area contributed by atoms with Crippen LogP contribution in [-0.4, -0.2) is 43.5 Å². The van der Waals surface area contributed by atoms with Gasteiger partial charge < -0.3 is 20.3 Å². The van der Waals surface area contributed by atoms with Crippen molar-refractivity contribution in [1.82, 2.24) is 0 Å². The van der Waals surface area contributed by atoms with E-state index in [0.29, 0.717) is 12.2 Å². The number of methoxy groups -OCH3 is 1. The standard InChI is InChI=1S/C19H23NO3.C2HF3O2/c1-22-12-3-2-4-13-23-18-10-8-15(9-11-18)16-6-5-7-17(14-16)19(20)21;3-2(4,5)1(6)7/h5-11,14H,2-4,12-13H2,1H3,(H2,20,21);(H,6,7). The third-order valence-electron chi connectivity index (χ3n) is 3.84. The van der Waals surface area contributed by atoms with Crippen molar-refractivity contribution in [3.63, 3.8) is 0 Å². The molecule has 0 aliphatic carbocycles. The minimum absolute atomic E-state index is 0.416. The van der Waals surface area contributed by atoms with E-state index in [1.807, 2.05) is 36.4 Å². The van der Waals surface area contributed by atoms with Crippen LogP contribution in [0.25, 0.3) is 11.1 Å². The smallest absolute Gasteiger partial charge is 0.490 e. The van der Waals surface area contributed by atoms with Gasteiger partial charge in [0.25, 0.3) is 0 Å². The van der Waals surface area contributed by atoms with E-state index in [-0.39, 0.29) is 0 Å². The molecule has 0 atom stereocenters. The number of carboxylic acid groups (broad SMARTS) is 1. The molecule has 1 amide bonds. The maximum Gasteiger partial charge on any atom is 0.490 e. The highest BCUT2D eigenvalue weighted by atomic mass is 19.4. The molecule has 30 heavy (non-hydrogen) atoms. The third kappa shape index (κ3) is 9.42. The lowest BCUT2D eigenvalue weighted by Crippen LogP contribution is -2.21. The van der Waals surface area contributed by atoms with Crippen LogP contribution in [0.15, 0.2) is 48.5 Å². The molecule has 0 unspecified atom stereocenters. The van der Waals surface area contributed by atoms with Crippen LogP contribution in [0.5, 0.6) is 5.75 Å². The number of hydrogen-bond acceptors (Lipinski definition) is 4. The summed E-state index contributed by atoms with van der Waals surface area (Å²) in [6.45, 7) is 1.51. The van der Waals surface area contributed by atoms with Crippen LogP contribution in [-0.2, 0) is 9.53 Å². The summed E-state index contributed by atoms with van der Waals surface area (Å²) in [5.41, 5.74) is 7.82. The Morgan fingerprint density at radius 1 is 0.967 bits per heavy atom. The Kier molecular flexibility index (Phi) is 10.4. The van der Waals surface area contributed by atoms with E-state index in [4.69, 9.17) is 25.1 Å². The van der Waals surface area contributed by atoms with E-state index in [2.05, 4.69) is 0 Å². The maximum atomic E-state index is 11.2. The van der Waals surface area contributed by atoms with E-state index < -0.39 is 18.1 Å². The molecule has 0 aliphatic heterocycles. The second-order valence-electron chi connectivity index (χ2n) is 6.17. The quantitative estimate of drug-likeness (QED) is 0.582. The topological polar surface area (TPSA) is 98.9 Å². The molecule has 9 heteroatoms. The van der Waals surface area contributed by atoms with Gasteiger partial charge in [0.05, 0.1) is 6.61 Å². The first-order valence-corrected chi connectivity index (χ1v) is 9.07. The van der Waals surface area contributed by atoms with E-state index in [1.54, 1.807) is 19.2 Å². The van der Waals surface area contributed by atoms with Crippen molar-refractivity contribution < 1.29 is 37.3 Å². The normalized spacial score (nSPS) is 10.7. The van der Waals surface area contributed by atoms with Crippen LogP contribution in [0.3, 0.4) is 0 Å². The number of carbonyl (C=O) groups excluding carboxylic acids is 1. The third-order valence-corrected chi connectivity index (χ3v) is 3.84. The van der Waals surface area contributed by atoms with Gasteiger partial charge in [-0.3, -0.25) is 4.79 Å². The molecule has 3 N–H and O–H groups in total. The molecule has 0 saturated heterocycles. The lowest BCUT2D eigenvalue weighted by molar-refractivity contribution is -0.192. The molecule has 0 aliphatic rings. The number of primary amides is 1. The fourth-order valence-corrected chi connectivity index (χ4v) is 2.31. The van der Waals surface area contributed by atoms with Gasteiger partial charge in [-0.1, -0.05) is 24.3 Å². The number of hydrogen-bond donors (Lipinski definition) is 2. The fraction of sp³-hybridized carbons (Fsp3) is 0.333. The molecule has 0 saturated carbocycles. The number of amides is 1. The first-order valence-electron chi connectivity index (χ1n) is 9.07. The average Bonchev–Trinajstić information content (AvgIpc) is 2.71. The van der Waals surface area contributed by atoms with Gasteiger partial charge in [0, 0.05) is 19.3 Å². The number of ether oxygens (including phenoxy) is 2. The van der Waals surface area contributed by atoms with Crippen molar-refractivity contribution in [2.75, 3.05) is 20.3 Å². The summed E-state index contributed by atoms with van der Waals surface area (Å²) < 4.78 is 42.5. The zero-order chi connectivity index (χ0) is 22.6. The van der Waals surface area contributed by atoms with Crippen molar-refractivity contribution in [2.45, 2.75) is 25.4 Å². The predicted octanol–water partition coefficient (Wildman–Crippen LogP) is 4.28. The average molecular weight is 427 g/mol. The Bertz CT molecular complexity index is 807. The molecule has 0 spiro atoms. The molecule has 0 heterocycles. The van der Waals surface area contributed by atoms with E-state index in [1.165, 1.54) is 0 Å². The summed E-state index contributed by atoms with van der Waals surface area (Å²) >= 11 is 0. The Morgan fingerprint density at radius 2 is 1.57 bits per heavy atom. The van der Waals surface area contributed by atoms with Crippen LogP contribution in [0, 0.1) is 0 Å².